The fourth-order valence-corrected chi connectivity index (χ4v) is 3.41. The molecule has 0 saturated heterocycles. The highest BCUT2D eigenvalue weighted by Gasteiger charge is 2.28. The van der Waals surface area contributed by atoms with E-state index in [2.05, 4.69) is 22.9 Å². The van der Waals surface area contributed by atoms with Gasteiger partial charge in [-0.25, -0.2) is 0 Å². The van der Waals surface area contributed by atoms with Crippen molar-refractivity contribution in [3.8, 4) is 0 Å². The van der Waals surface area contributed by atoms with E-state index in [1.54, 1.807) is 0 Å². The third-order valence-electron chi connectivity index (χ3n) is 4.39. The Bertz CT molecular complexity index is 627. The number of hydrogen-bond acceptors (Lipinski definition) is 3. The third-order valence-corrected chi connectivity index (χ3v) is 4.39. The monoisotopic (exact) mass is 300 g/mol. The van der Waals surface area contributed by atoms with E-state index in [-0.39, 0.29) is 12.3 Å². The molecule has 1 fully saturated rings. The number of pyridine rings is 1. The van der Waals surface area contributed by atoms with Crippen molar-refractivity contribution in [1.29, 1.82) is 0 Å². The van der Waals surface area contributed by atoms with Crippen LogP contribution in [0.25, 0.3) is 10.9 Å². The lowest BCUT2D eigenvalue weighted by Crippen LogP contribution is -2.21. The molecule has 0 amide bonds. The molecule has 1 heterocycles. The van der Waals surface area contributed by atoms with Crippen LogP contribution in [-0.2, 0) is 4.79 Å². The highest BCUT2D eigenvalue weighted by Crippen LogP contribution is 2.39. The van der Waals surface area contributed by atoms with Crippen molar-refractivity contribution in [1.82, 2.24) is 4.98 Å². The predicted octanol–water partition coefficient (Wildman–Crippen LogP) is 3.56. The first-order chi connectivity index (χ1) is 10.7. The summed E-state index contributed by atoms with van der Waals surface area (Å²) in [5.74, 6) is -0.0863. The summed E-state index contributed by atoms with van der Waals surface area (Å²) >= 11 is 0. The van der Waals surface area contributed by atoms with Gasteiger partial charge in [-0.3, -0.25) is 9.78 Å². The Morgan fingerprint density at radius 3 is 2.77 bits per heavy atom. The fraction of sp³-hybridized carbons (Fsp3) is 0.444. The number of aromatic nitrogens is 1. The summed E-state index contributed by atoms with van der Waals surface area (Å²) < 4.78 is 0. The van der Waals surface area contributed by atoms with Gasteiger partial charge in [0.1, 0.15) is 0 Å². The average Bonchev–Trinajstić information content (AvgIpc) is 2.56. The first-order valence-electron chi connectivity index (χ1n) is 7.88. The maximum atomic E-state index is 11.0. The Kier molecular flexibility index (Phi) is 5.90. The number of nitrogens with zero attached hydrogens (tertiary/aromatic N) is 1. The largest absolute Gasteiger partial charge is 0.481 e. The summed E-state index contributed by atoms with van der Waals surface area (Å²) in [5, 5.41) is 10.2. The topological polar surface area (TPSA) is 76.2 Å². The van der Waals surface area contributed by atoms with Crippen LogP contribution in [0.1, 0.15) is 43.6 Å². The van der Waals surface area contributed by atoms with E-state index >= 15 is 0 Å². The van der Waals surface area contributed by atoms with E-state index in [4.69, 9.17) is 5.11 Å². The van der Waals surface area contributed by atoms with Gasteiger partial charge in [0.25, 0.3) is 0 Å². The first kappa shape index (κ1) is 16.4. The number of para-hydroxylation sites is 1. The minimum absolute atomic E-state index is 0.254. The van der Waals surface area contributed by atoms with Crippen molar-refractivity contribution in [3.05, 3.63) is 42.1 Å². The number of benzene rings is 1. The van der Waals surface area contributed by atoms with Gasteiger partial charge < -0.3 is 10.8 Å². The predicted molar refractivity (Wildman–Crippen MR) is 88.8 cm³/mol. The SMILES string of the molecule is CN.O=C(O)C[C@H]1CCCCC1c1cnc2ccccc2c1. The molecule has 0 spiro atoms. The number of rotatable bonds is 3. The average molecular weight is 300 g/mol. The molecule has 1 aliphatic rings. The molecule has 4 nitrogen and oxygen atoms in total. The van der Waals surface area contributed by atoms with Crippen LogP contribution in [-0.4, -0.2) is 23.1 Å². The molecule has 1 aliphatic carbocycles. The number of nitrogens with two attached hydrogens (primary N) is 1. The van der Waals surface area contributed by atoms with Crippen LogP contribution in [0, 0.1) is 5.92 Å². The second-order valence-corrected chi connectivity index (χ2v) is 5.71. The molecule has 1 saturated carbocycles. The zero-order chi connectivity index (χ0) is 15.9. The van der Waals surface area contributed by atoms with Gasteiger partial charge in [0.15, 0.2) is 0 Å². The number of aliphatic carboxylic acids is 1. The summed E-state index contributed by atoms with van der Waals surface area (Å²) in [6, 6.07) is 10.3. The van der Waals surface area contributed by atoms with Crippen molar-refractivity contribution < 1.29 is 9.90 Å². The Hall–Kier alpha value is -1.94. The first-order valence-corrected chi connectivity index (χ1v) is 7.88. The molecular formula is C18H24N2O2. The van der Waals surface area contributed by atoms with E-state index in [0.29, 0.717) is 5.92 Å². The number of fused-ring (bicyclic) bond motifs is 1. The molecule has 2 aromatic rings. The molecule has 22 heavy (non-hydrogen) atoms. The Balaban J connectivity index is 0.000000847. The van der Waals surface area contributed by atoms with Crippen molar-refractivity contribution in [2.75, 3.05) is 7.05 Å². The van der Waals surface area contributed by atoms with Crippen molar-refractivity contribution in [3.63, 3.8) is 0 Å². The molecule has 4 heteroatoms. The fourth-order valence-electron chi connectivity index (χ4n) is 3.41. The van der Waals surface area contributed by atoms with Crippen LogP contribution in [0.5, 0.6) is 0 Å². The van der Waals surface area contributed by atoms with Crippen LogP contribution in [0.3, 0.4) is 0 Å². The molecule has 0 aliphatic heterocycles. The summed E-state index contributed by atoms with van der Waals surface area (Å²) in [6.45, 7) is 0. The summed E-state index contributed by atoms with van der Waals surface area (Å²) in [7, 11) is 1.50. The molecule has 0 bridgehead atoms. The lowest BCUT2D eigenvalue weighted by Gasteiger charge is -2.30. The van der Waals surface area contributed by atoms with Crippen LogP contribution < -0.4 is 5.73 Å². The molecule has 0 radical (unpaired) electrons. The standard InChI is InChI=1S/C17H19NO2.CH5N/c19-17(20)10-12-5-1-3-7-15(12)14-9-13-6-2-4-8-16(13)18-11-14;1-2/h2,4,6,8-9,11-12,15H,1,3,5,7,10H2,(H,19,20);2H2,1H3/t12-,15?;/m1./s1. The number of hydrogen-bond donors (Lipinski definition) is 2. The number of carboxylic acids is 1. The van der Waals surface area contributed by atoms with Gasteiger partial charge in [-0.05, 0) is 49.4 Å². The second kappa shape index (κ2) is 7.90. The minimum atomic E-state index is -0.685. The smallest absolute Gasteiger partial charge is 0.303 e. The summed E-state index contributed by atoms with van der Waals surface area (Å²) in [4.78, 5) is 15.6. The van der Waals surface area contributed by atoms with Gasteiger partial charge in [0, 0.05) is 18.0 Å². The summed E-state index contributed by atoms with van der Waals surface area (Å²) in [5.41, 5.74) is 6.71. The number of carbonyl (C=O) groups is 1. The van der Waals surface area contributed by atoms with Crippen LogP contribution >= 0.6 is 0 Å². The van der Waals surface area contributed by atoms with Gasteiger partial charge >= 0.3 is 5.97 Å². The zero-order valence-electron chi connectivity index (χ0n) is 13.0. The van der Waals surface area contributed by atoms with Crippen LogP contribution in [0.4, 0.5) is 0 Å². The zero-order valence-corrected chi connectivity index (χ0v) is 13.0. The molecule has 1 aromatic heterocycles. The molecule has 2 atom stereocenters. The molecule has 1 unspecified atom stereocenters. The third kappa shape index (κ3) is 3.83. The minimum Gasteiger partial charge on any atom is -0.481 e. The Labute approximate surface area is 131 Å². The number of carboxylic acid groups (broad SMARTS) is 1. The Morgan fingerprint density at radius 1 is 1.27 bits per heavy atom. The van der Waals surface area contributed by atoms with Gasteiger partial charge in [-0.2, -0.15) is 0 Å². The molecule has 3 N–H and O–H groups in total. The van der Waals surface area contributed by atoms with Gasteiger partial charge in [-0.15, -0.1) is 0 Å². The van der Waals surface area contributed by atoms with E-state index in [0.717, 1.165) is 30.2 Å². The Morgan fingerprint density at radius 2 is 2.00 bits per heavy atom. The van der Waals surface area contributed by atoms with Crippen molar-refractivity contribution >= 4 is 16.9 Å². The van der Waals surface area contributed by atoms with Crippen LogP contribution in [0.15, 0.2) is 36.5 Å². The van der Waals surface area contributed by atoms with Gasteiger partial charge in [0.05, 0.1) is 5.52 Å². The summed E-state index contributed by atoms with van der Waals surface area (Å²) in [6.07, 6.45) is 6.65. The van der Waals surface area contributed by atoms with E-state index in [1.807, 2.05) is 24.4 Å². The quantitative estimate of drug-likeness (QED) is 0.908. The highest BCUT2D eigenvalue weighted by atomic mass is 16.4. The van der Waals surface area contributed by atoms with E-state index in [9.17, 15) is 4.79 Å². The van der Waals surface area contributed by atoms with Gasteiger partial charge in [-0.1, -0.05) is 31.0 Å². The molecular weight excluding hydrogens is 276 g/mol. The maximum absolute atomic E-state index is 11.0. The van der Waals surface area contributed by atoms with E-state index in [1.165, 1.54) is 19.0 Å². The lowest BCUT2D eigenvalue weighted by atomic mass is 9.74. The molecule has 3 rings (SSSR count). The van der Waals surface area contributed by atoms with Gasteiger partial charge in [0.2, 0.25) is 0 Å². The van der Waals surface area contributed by atoms with Crippen molar-refractivity contribution in [2.45, 2.75) is 38.0 Å². The normalized spacial score (nSPS) is 21.0. The lowest BCUT2D eigenvalue weighted by molar-refractivity contribution is -0.138. The highest BCUT2D eigenvalue weighted by molar-refractivity contribution is 5.78. The van der Waals surface area contributed by atoms with Crippen LogP contribution in [0.2, 0.25) is 0 Å². The molecule has 118 valence electrons. The second-order valence-electron chi connectivity index (χ2n) is 5.71. The van der Waals surface area contributed by atoms with E-state index < -0.39 is 5.97 Å². The van der Waals surface area contributed by atoms with Crippen molar-refractivity contribution in [2.24, 2.45) is 11.7 Å². The maximum Gasteiger partial charge on any atom is 0.303 e. The molecule has 1 aromatic carbocycles.